The molecule has 12 heavy (non-hydrogen) atoms. The molecule has 0 aliphatic rings. The summed E-state index contributed by atoms with van der Waals surface area (Å²) in [5.74, 6) is -1.32. The maximum atomic E-state index is 11.0. The Bertz CT molecular complexity index is 205. The fourth-order valence-electron chi connectivity index (χ4n) is 1.01. The highest BCUT2D eigenvalue weighted by Gasteiger charge is 2.36. The minimum atomic E-state index is -1.64. The third kappa shape index (κ3) is 2.21. The van der Waals surface area contributed by atoms with Gasteiger partial charge in [-0.15, -0.1) is 0 Å². The van der Waals surface area contributed by atoms with Crippen molar-refractivity contribution >= 4 is 5.97 Å². The molecule has 0 fully saturated rings. The van der Waals surface area contributed by atoms with E-state index in [0.29, 0.717) is 6.42 Å². The molecule has 0 spiro atoms. The van der Waals surface area contributed by atoms with Gasteiger partial charge in [-0.3, -0.25) is 4.79 Å². The number of nitrogens with zero attached hydrogens (tertiary/aromatic N) is 1. The number of carbonyl (C=O) groups is 1. The summed E-state index contributed by atoms with van der Waals surface area (Å²) < 4.78 is 4.44. The maximum absolute atomic E-state index is 11.0. The molecule has 0 aliphatic heterocycles. The molecule has 0 saturated heterocycles. The van der Waals surface area contributed by atoms with Gasteiger partial charge < -0.3 is 9.84 Å². The van der Waals surface area contributed by atoms with Crippen molar-refractivity contribution in [3.8, 4) is 6.07 Å². The lowest BCUT2D eigenvalue weighted by atomic mass is 9.88. The average molecular weight is 171 g/mol. The monoisotopic (exact) mass is 171 g/mol. The van der Waals surface area contributed by atoms with Gasteiger partial charge in [0.05, 0.1) is 19.1 Å². The fourth-order valence-corrected chi connectivity index (χ4v) is 1.01. The lowest BCUT2D eigenvalue weighted by molar-refractivity contribution is -0.151. The van der Waals surface area contributed by atoms with E-state index in [9.17, 15) is 9.90 Å². The van der Waals surface area contributed by atoms with Crippen LogP contribution in [0.5, 0.6) is 0 Å². The summed E-state index contributed by atoms with van der Waals surface area (Å²) >= 11 is 0. The molecule has 0 rings (SSSR count). The first-order valence-corrected chi connectivity index (χ1v) is 3.71. The van der Waals surface area contributed by atoms with Crippen LogP contribution in [0, 0.1) is 17.2 Å². The number of aliphatic hydroxyl groups is 1. The summed E-state index contributed by atoms with van der Waals surface area (Å²) in [5, 5.41) is 18.0. The van der Waals surface area contributed by atoms with Crippen LogP contribution in [-0.2, 0) is 9.53 Å². The number of hydrogen-bond acceptors (Lipinski definition) is 4. The molecule has 0 aromatic carbocycles. The van der Waals surface area contributed by atoms with Crippen LogP contribution in [0.25, 0.3) is 0 Å². The van der Waals surface area contributed by atoms with Crippen molar-refractivity contribution in [2.75, 3.05) is 7.11 Å². The number of hydrogen-bond donors (Lipinski definition) is 1. The van der Waals surface area contributed by atoms with Gasteiger partial charge in [-0.1, -0.05) is 6.92 Å². The number of rotatable bonds is 3. The smallest absolute Gasteiger partial charge is 0.312 e. The van der Waals surface area contributed by atoms with Crippen molar-refractivity contribution in [2.24, 2.45) is 5.92 Å². The molecule has 2 atom stereocenters. The quantitative estimate of drug-likeness (QED) is 0.494. The standard InChI is InChI=1S/C8H13NO3/c1-4-6(7(10)12-3)8(2,11)5-9/h6,11H,4H2,1-3H3. The van der Waals surface area contributed by atoms with Gasteiger partial charge in [0, 0.05) is 0 Å². The van der Waals surface area contributed by atoms with Crippen LogP contribution in [0.3, 0.4) is 0 Å². The van der Waals surface area contributed by atoms with Crippen molar-refractivity contribution in [1.82, 2.24) is 0 Å². The van der Waals surface area contributed by atoms with E-state index in [1.165, 1.54) is 14.0 Å². The van der Waals surface area contributed by atoms with E-state index in [-0.39, 0.29) is 0 Å². The summed E-state index contributed by atoms with van der Waals surface area (Å²) in [6, 6.07) is 1.66. The van der Waals surface area contributed by atoms with Crippen molar-refractivity contribution in [3.05, 3.63) is 0 Å². The largest absolute Gasteiger partial charge is 0.469 e. The Hall–Kier alpha value is -1.08. The van der Waals surface area contributed by atoms with Gasteiger partial charge in [0.25, 0.3) is 0 Å². The number of methoxy groups -OCH3 is 1. The predicted octanol–water partition coefficient (Wildman–Crippen LogP) is 0.460. The zero-order valence-electron chi connectivity index (χ0n) is 7.50. The fraction of sp³-hybridized carbons (Fsp3) is 0.750. The molecule has 4 heteroatoms. The van der Waals surface area contributed by atoms with Gasteiger partial charge in [-0.2, -0.15) is 5.26 Å². The minimum absolute atomic E-state index is 0.382. The number of esters is 1. The Morgan fingerprint density at radius 1 is 1.83 bits per heavy atom. The second-order valence-electron chi connectivity index (χ2n) is 2.74. The first-order chi connectivity index (χ1) is 5.49. The lowest BCUT2D eigenvalue weighted by Crippen LogP contribution is -2.38. The molecule has 0 heterocycles. The van der Waals surface area contributed by atoms with Crippen molar-refractivity contribution in [1.29, 1.82) is 5.26 Å². The van der Waals surface area contributed by atoms with Crippen molar-refractivity contribution in [3.63, 3.8) is 0 Å². The van der Waals surface area contributed by atoms with E-state index in [2.05, 4.69) is 4.74 Å². The highest BCUT2D eigenvalue weighted by atomic mass is 16.5. The van der Waals surface area contributed by atoms with Crippen LogP contribution in [0.2, 0.25) is 0 Å². The molecule has 0 aromatic heterocycles. The van der Waals surface area contributed by atoms with Crippen molar-refractivity contribution < 1.29 is 14.6 Å². The highest BCUT2D eigenvalue weighted by Crippen LogP contribution is 2.20. The second-order valence-corrected chi connectivity index (χ2v) is 2.74. The normalized spacial score (nSPS) is 17.2. The van der Waals surface area contributed by atoms with Gasteiger partial charge in [0.1, 0.15) is 0 Å². The van der Waals surface area contributed by atoms with Gasteiger partial charge in [0.15, 0.2) is 5.60 Å². The molecule has 0 bridgehead atoms. The minimum Gasteiger partial charge on any atom is -0.469 e. The SMILES string of the molecule is CCC(C(=O)OC)C(C)(O)C#N. The van der Waals surface area contributed by atoms with Crippen LogP contribution in [0.1, 0.15) is 20.3 Å². The summed E-state index contributed by atoms with van der Waals surface area (Å²) in [6.07, 6.45) is 0.382. The molecular formula is C8H13NO3. The molecule has 0 aromatic rings. The van der Waals surface area contributed by atoms with Gasteiger partial charge >= 0.3 is 5.97 Å². The van der Waals surface area contributed by atoms with Gasteiger partial charge in [-0.25, -0.2) is 0 Å². The summed E-state index contributed by atoms with van der Waals surface area (Å²) in [5.41, 5.74) is -1.64. The molecule has 0 amide bonds. The Morgan fingerprint density at radius 2 is 2.33 bits per heavy atom. The van der Waals surface area contributed by atoms with Crippen LogP contribution in [-0.4, -0.2) is 23.8 Å². The topological polar surface area (TPSA) is 70.3 Å². The molecular weight excluding hydrogens is 158 g/mol. The first kappa shape index (κ1) is 10.9. The Kier molecular flexibility index (Phi) is 3.71. The van der Waals surface area contributed by atoms with Crippen LogP contribution in [0.4, 0.5) is 0 Å². The molecule has 68 valence electrons. The lowest BCUT2D eigenvalue weighted by Gasteiger charge is -2.22. The van der Waals surface area contributed by atoms with Crippen LogP contribution in [0.15, 0.2) is 0 Å². The number of ether oxygens (including phenoxy) is 1. The average Bonchev–Trinajstić information content (AvgIpc) is 2.05. The predicted molar refractivity (Wildman–Crippen MR) is 42.0 cm³/mol. The number of nitriles is 1. The maximum Gasteiger partial charge on any atom is 0.312 e. The van der Waals surface area contributed by atoms with Gasteiger partial charge in [0.2, 0.25) is 0 Å². The van der Waals surface area contributed by atoms with Crippen molar-refractivity contribution in [2.45, 2.75) is 25.9 Å². The first-order valence-electron chi connectivity index (χ1n) is 3.71. The molecule has 4 nitrogen and oxygen atoms in total. The summed E-state index contributed by atoms with van der Waals surface area (Å²) in [6.45, 7) is 3.02. The van der Waals surface area contributed by atoms with Gasteiger partial charge in [-0.05, 0) is 13.3 Å². The second kappa shape index (κ2) is 4.07. The molecule has 2 unspecified atom stereocenters. The molecule has 0 aliphatic carbocycles. The van der Waals surface area contributed by atoms with Crippen LogP contribution < -0.4 is 0 Å². The molecule has 0 saturated carbocycles. The Labute approximate surface area is 71.8 Å². The Morgan fingerprint density at radius 3 is 2.58 bits per heavy atom. The third-order valence-corrected chi connectivity index (χ3v) is 1.80. The Balaban J connectivity index is 4.58. The van der Waals surface area contributed by atoms with E-state index >= 15 is 0 Å². The van der Waals surface area contributed by atoms with E-state index < -0.39 is 17.5 Å². The summed E-state index contributed by atoms with van der Waals surface area (Å²) in [7, 11) is 1.23. The van der Waals surface area contributed by atoms with E-state index in [0.717, 1.165) is 0 Å². The molecule has 0 radical (unpaired) electrons. The summed E-state index contributed by atoms with van der Waals surface area (Å²) in [4.78, 5) is 11.0. The van der Waals surface area contributed by atoms with Crippen LogP contribution >= 0.6 is 0 Å². The van der Waals surface area contributed by atoms with E-state index in [1.807, 2.05) is 0 Å². The zero-order valence-corrected chi connectivity index (χ0v) is 7.50. The zero-order chi connectivity index (χ0) is 9.78. The highest BCUT2D eigenvalue weighted by molar-refractivity contribution is 5.74. The third-order valence-electron chi connectivity index (χ3n) is 1.80. The van der Waals surface area contributed by atoms with E-state index in [4.69, 9.17) is 5.26 Å². The molecule has 1 N–H and O–H groups in total. The number of carbonyl (C=O) groups excluding carboxylic acids is 1. The van der Waals surface area contributed by atoms with E-state index in [1.54, 1.807) is 13.0 Å².